The molecule has 2 aromatic rings. The van der Waals surface area contributed by atoms with Gasteiger partial charge in [-0.25, -0.2) is 0 Å². The number of carbonyl (C=O) groups is 1. The zero-order chi connectivity index (χ0) is 14.5. The zero-order valence-electron chi connectivity index (χ0n) is 10.9. The SMILES string of the molecule is CCNc1nnc(C(=O)Nc2ccc(OC)c(Cl)c2)s1. The molecule has 0 spiro atoms. The third-order valence-electron chi connectivity index (χ3n) is 2.36. The summed E-state index contributed by atoms with van der Waals surface area (Å²) >= 11 is 7.19. The standard InChI is InChI=1S/C12H13ClN4O2S/c1-3-14-12-17-16-11(20-12)10(18)15-7-4-5-9(19-2)8(13)6-7/h4-6H,3H2,1-2H3,(H,14,17)(H,15,18). The highest BCUT2D eigenvalue weighted by Crippen LogP contribution is 2.27. The lowest BCUT2D eigenvalue weighted by Gasteiger charge is -2.06. The average molecular weight is 313 g/mol. The maximum absolute atomic E-state index is 12.0. The molecule has 2 N–H and O–H groups in total. The number of amides is 1. The van der Waals surface area contributed by atoms with Crippen molar-refractivity contribution in [2.75, 3.05) is 24.3 Å². The largest absolute Gasteiger partial charge is 0.495 e. The van der Waals surface area contributed by atoms with Gasteiger partial charge in [-0.3, -0.25) is 4.79 Å². The van der Waals surface area contributed by atoms with Crippen LogP contribution in [0.15, 0.2) is 18.2 Å². The van der Waals surface area contributed by atoms with E-state index in [1.54, 1.807) is 18.2 Å². The number of nitrogens with zero attached hydrogens (tertiary/aromatic N) is 2. The van der Waals surface area contributed by atoms with Gasteiger partial charge in [0, 0.05) is 12.2 Å². The summed E-state index contributed by atoms with van der Waals surface area (Å²) in [6.07, 6.45) is 0. The quantitative estimate of drug-likeness (QED) is 0.888. The van der Waals surface area contributed by atoms with Crippen LogP contribution in [0.5, 0.6) is 5.75 Å². The number of aromatic nitrogens is 2. The van der Waals surface area contributed by atoms with Crippen LogP contribution in [0.2, 0.25) is 5.02 Å². The van der Waals surface area contributed by atoms with Crippen LogP contribution in [0.1, 0.15) is 16.7 Å². The van der Waals surface area contributed by atoms with Crippen molar-refractivity contribution in [2.24, 2.45) is 0 Å². The smallest absolute Gasteiger partial charge is 0.286 e. The third-order valence-corrected chi connectivity index (χ3v) is 3.53. The fraction of sp³-hybridized carbons (Fsp3) is 0.250. The number of methoxy groups -OCH3 is 1. The Morgan fingerprint density at radius 1 is 1.45 bits per heavy atom. The van der Waals surface area contributed by atoms with E-state index in [1.165, 1.54) is 18.4 Å². The van der Waals surface area contributed by atoms with Crippen molar-refractivity contribution in [1.82, 2.24) is 10.2 Å². The number of benzene rings is 1. The summed E-state index contributed by atoms with van der Waals surface area (Å²) in [6.45, 7) is 2.67. The predicted molar refractivity (Wildman–Crippen MR) is 80.0 cm³/mol. The Hall–Kier alpha value is -1.86. The average Bonchev–Trinajstić information content (AvgIpc) is 2.88. The van der Waals surface area contributed by atoms with Gasteiger partial charge in [-0.2, -0.15) is 0 Å². The second kappa shape index (κ2) is 6.53. The second-order valence-electron chi connectivity index (χ2n) is 3.75. The molecule has 0 bridgehead atoms. The predicted octanol–water partition coefficient (Wildman–Crippen LogP) is 2.88. The summed E-state index contributed by atoms with van der Waals surface area (Å²) in [5.74, 6) is 0.225. The van der Waals surface area contributed by atoms with Crippen molar-refractivity contribution >= 4 is 39.7 Å². The van der Waals surface area contributed by atoms with Crippen LogP contribution < -0.4 is 15.4 Å². The Bertz CT molecular complexity index is 617. The van der Waals surface area contributed by atoms with Gasteiger partial charge in [-0.15, -0.1) is 10.2 Å². The Morgan fingerprint density at radius 3 is 2.90 bits per heavy atom. The van der Waals surface area contributed by atoms with Gasteiger partial charge < -0.3 is 15.4 Å². The number of hydrogen-bond donors (Lipinski definition) is 2. The van der Waals surface area contributed by atoms with E-state index >= 15 is 0 Å². The van der Waals surface area contributed by atoms with E-state index in [0.717, 1.165) is 6.54 Å². The summed E-state index contributed by atoms with van der Waals surface area (Å²) in [7, 11) is 1.53. The van der Waals surface area contributed by atoms with Gasteiger partial charge in [-0.05, 0) is 25.1 Å². The number of ether oxygens (including phenoxy) is 1. The van der Waals surface area contributed by atoms with Crippen molar-refractivity contribution in [3.05, 3.63) is 28.2 Å². The van der Waals surface area contributed by atoms with E-state index < -0.39 is 0 Å². The molecule has 0 saturated heterocycles. The van der Waals surface area contributed by atoms with Crippen LogP contribution in [-0.4, -0.2) is 29.8 Å². The molecule has 0 radical (unpaired) electrons. The number of nitrogens with one attached hydrogen (secondary N) is 2. The summed E-state index contributed by atoms with van der Waals surface area (Å²) in [4.78, 5) is 12.0. The summed E-state index contributed by atoms with van der Waals surface area (Å²) in [5.41, 5.74) is 0.570. The molecule has 0 saturated carbocycles. The number of hydrogen-bond acceptors (Lipinski definition) is 6. The molecular formula is C12H13ClN4O2S. The highest BCUT2D eigenvalue weighted by atomic mass is 35.5. The van der Waals surface area contributed by atoms with E-state index in [2.05, 4.69) is 20.8 Å². The van der Waals surface area contributed by atoms with Crippen LogP contribution >= 0.6 is 22.9 Å². The van der Waals surface area contributed by atoms with Crippen LogP contribution in [0.3, 0.4) is 0 Å². The first-order valence-corrected chi connectivity index (χ1v) is 7.05. The van der Waals surface area contributed by atoms with Crippen molar-refractivity contribution < 1.29 is 9.53 Å². The lowest BCUT2D eigenvalue weighted by Crippen LogP contribution is -2.11. The van der Waals surface area contributed by atoms with Gasteiger partial charge in [0.25, 0.3) is 5.91 Å². The molecule has 6 nitrogen and oxygen atoms in total. The molecule has 0 atom stereocenters. The highest BCUT2D eigenvalue weighted by Gasteiger charge is 2.13. The lowest BCUT2D eigenvalue weighted by molar-refractivity contribution is 0.102. The topological polar surface area (TPSA) is 76.1 Å². The molecule has 8 heteroatoms. The third kappa shape index (κ3) is 3.37. The first-order chi connectivity index (χ1) is 9.63. The van der Waals surface area contributed by atoms with Crippen molar-refractivity contribution in [3.8, 4) is 5.75 Å². The van der Waals surface area contributed by atoms with E-state index in [0.29, 0.717) is 21.6 Å². The molecule has 106 valence electrons. The second-order valence-corrected chi connectivity index (χ2v) is 5.13. The molecule has 0 aliphatic rings. The first kappa shape index (κ1) is 14.5. The number of carbonyl (C=O) groups excluding carboxylic acids is 1. The van der Waals surface area contributed by atoms with E-state index in [1.807, 2.05) is 6.92 Å². The molecule has 1 amide bonds. The normalized spacial score (nSPS) is 10.2. The van der Waals surface area contributed by atoms with Crippen molar-refractivity contribution in [2.45, 2.75) is 6.92 Å². The van der Waals surface area contributed by atoms with Crippen molar-refractivity contribution in [1.29, 1.82) is 0 Å². The molecule has 0 fully saturated rings. The molecule has 1 aromatic carbocycles. The van der Waals surface area contributed by atoms with E-state index in [-0.39, 0.29) is 10.9 Å². The Morgan fingerprint density at radius 2 is 2.25 bits per heavy atom. The number of rotatable bonds is 5. The Labute approximate surface area is 125 Å². The molecule has 0 aliphatic heterocycles. The van der Waals surface area contributed by atoms with Crippen LogP contribution in [0, 0.1) is 0 Å². The van der Waals surface area contributed by atoms with Gasteiger partial charge in [-0.1, -0.05) is 22.9 Å². The number of halogens is 1. The van der Waals surface area contributed by atoms with E-state index in [9.17, 15) is 4.79 Å². The first-order valence-electron chi connectivity index (χ1n) is 5.86. The van der Waals surface area contributed by atoms with Crippen LogP contribution in [0.4, 0.5) is 10.8 Å². The number of anilines is 2. The molecule has 20 heavy (non-hydrogen) atoms. The fourth-order valence-electron chi connectivity index (χ4n) is 1.47. The zero-order valence-corrected chi connectivity index (χ0v) is 12.5. The van der Waals surface area contributed by atoms with E-state index in [4.69, 9.17) is 16.3 Å². The molecule has 1 heterocycles. The molecular weight excluding hydrogens is 300 g/mol. The summed E-state index contributed by atoms with van der Waals surface area (Å²) in [6, 6.07) is 5.00. The Kier molecular flexibility index (Phi) is 4.75. The highest BCUT2D eigenvalue weighted by molar-refractivity contribution is 7.17. The minimum Gasteiger partial charge on any atom is -0.495 e. The fourth-order valence-corrected chi connectivity index (χ4v) is 2.43. The summed E-state index contributed by atoms with van der Waals surface area (Å²) < 4.78 is 5.05. The summed E-state index contributed by atoms with van der Waals surface area (Å²) in [5, 5.41) is 14.7. The van der Waals surface area contributed by atoms with Gasteiger partial charge in [0.15, 0.2) is 0 Å². The van der Waals surface area contributed by atoms with Crippen LogP contribution in [-0.2, 0) is 0 Å². The van der Waals surface area contributed by atoms with Gasteiger partial charge in [0.1, 0.15) is 5.75 Å². The molecule has 0 aliphatic carbocycles. The maximum Gasteiger partial charge on any atom is 0.286 e. The monoisotopic (exact) mass is 312 g/mol. The Balaban J connectivity index is 2.08. The minimum atomic E-state index is -0.326. The lowest BCUT2D eigenvalue weighted by atomic mass is 10.3. The van der Waals surface area contributed by atoms with Gasteiger partial charge >= 0.3 is 0 Å². The van der Waals surface area contributed by atoms with Gasteiger partial charge in [0.05, 0.1) is 12.1 Å². The molecule has 0 unspecified atom stereocenters. The molecule has 2 rings (SSSR count). The van der Waals surface area contributed by atoms with Crippen molar-refractivity contribution in [3.63, 3.8) is 0 Å². The van der Waals surface area contributed by atoms with Crippen LogP contribution in [0.25, 0.3) is 0 Å². The molecule has 1 aromatic heterocycles. The maximum atomic E-state index is 12.0. The minimum absolute atomic E-state index is 0.285. The van der Waals surface area contributed by atoms with Gasteiger partial charge in [0.2, 0.25) is 10.1 Å².